The summed E-state index contributed by atoms with van der Waals surface area (Å²) in [5.74, 6) is 0. The van der Waals surface area contributed by atoms with Gasteiger partial charge in [0.15, 0.2) is 0 Å². The van der Waals surface area contributed by atoms with Crippen LogP contribution in [-0.2, 0) is 0 Å². The lowest BCUT2D eigenvalue weighted by molar-refractivity contribution is -0.384. The van der Waals surface area contributed by atoms with Crippen LogP contribution in [0.1, 0.15) is 24.9 Å². The zero-order valence-corrected chi connectivity index (χ0v) is 7.43. The van der Waals surface area contributed by atoms with Gasteiger partial charge in [-0.15, -0.1) is 0 Å². The van der Waals surface area contributed by atoms with Gasteiger partial charge in [0.25, 0.3) is 5.69 Å². The lowest BCUT2D eigenvalue weighted by Crippen LogP contribution is -2.08. The highest BCUT2D eigenvalue weighted by atomic mass is 16.6. The molecule has 4 heteroatoms. The van der Waals surface area contributed by atoms with Crippen molar-refractivity contribution in [2.45, 2.75) is 19.4 Å². The molecule has 0 unspecified atom stereocenters. The smallest absolute Gasteiger partial charge is 0.269 e. The van der Waals surface area contributed by atoms with Gasteiger partial charge < -0.3 is 5.73 Å². The Labute approximate surface area is 76.5 Å². The van der Waals surface area contributed by atoms with E-state index in [2.05, 4.69) is 0 Å². The molecule has 0 aliphatic carbocycles. The third kappa shape index (κ3) is 2.26. The number of non-ortho nitro benzene ring substituents is 1. The van der Waals surface area contributed by atoms with Gasteiger partial charge in [0, 0.05) is 18.2 Å². The van der Waals surface area contributed by atoms with Crippen LogP contribution >= 0.6 is 0 Å². The van der Waals surface area contributed by atoms with Crippen LogP contribution in [0.15, 0.2) is 24.3 Å². The van der Waals surface area contributed by atoms with Crippen molar-refractivity contribution in [1.82, 2.24) is 0 Å². The number of hydrogen-bond acceptors (Lipinski definition) is 3. The first-order chi connectivity index (χ1) is 6.15. The molecule has 0 bridgehead atoms. The number of rotatable bonds is 3. The average Bonchev–Trinajstić information content (AvgIpc) is 2.17. The molecule has 1 rings (SSSR count). The van der Waals surface area contributed by atoms with Crippen LogP contribution in [-0.4, -0.2) is 4.92 Å². The van der Waals surface area contributed by atoms with Gasteiger partial charge in [0.1, 0.15) is 0 Å². The molecule has 0 fully saturated rings. The first-order valence-corrected chi connectivity index (χ1v) is 4.15. The summed E-state index contributed by atoms with van der Waals surface area (Å²) in [6.45, 7) is 1.95. The minimum Gasteiger partial charge on any atom is -0.324 e. The second-order valence-corrected chi connectivity index (χ2v) is 2.87. The van der Waals surface area contributed by atoms with Gasteiger partial charge in [-0.25, -0.2) is 0 Å². The number of benzene rings is 1. The summed E-state index contributed by atoms with van der Waals surface area (Å²) in [7, 11) is 0. The zero-order chi connectivity index (χ0) is 9.84. The van der Waals surface area contributed by atoms with Crippen LogP contribution in [0.25, 0.3) is 0 Å². The molecule has 2 N–H and O–H groups in total. The van der Waals surface area contributed by atoms with Crippen molar-refractivity contribution in [2.75, 3.05) is 0 Å². The maximum atomic E-state index is 10.4. The molecule has 0 saturated heterocycles. The summed E-state index contributed by atoms with van der Waals surface area (Å²) in [4.78, 5) is 10.0. The predicted molar refractivity (Wildman–Crippen MR) is 50.3 cm³/mol. The van der Waals surface area contributed by atoms with Gasteiger partial charge in [0.2, 0.25) is 0 Å². The van der Waals surface area contributed by atoms with E-state index >= 15 is 0 Å². The molecule has 0 aromatic heterocycles. The van der Waals surface area contributed by atoms with Crippen LogP contribution in [0.3, 0.4) is 0 Å². The molecule has 1 aromatic rings. The zero-order valence-electron chi connectivity index (χ0n) is 7.43. The highest BCUT2D eigenvalue weighted by Crippen LogP contribution is 2.19. The van der Waals surface area contributed by atoms with E-state index in [1.54, 1.807) is 12.1 Å². The molecule has 13 heavy (non-hydrogen) atoms. The van der Waals surface area contributed by atoms with E-state index in [1.165, 1.54) is 12.1 Å². The van der Waals surface area contributed by atoms with Gasteiger partial charge >= 0.3 is 0 Å². The van der Waals surface area contributed by atoms with Crippen molar-refractivity contribution < 1.29 is 4.92 Å². The van der Waals surface area contributed by atoms with Gasteiger partial charge in [-0.1, -0.05) is 19.1 Å². The van der Waals surface area contributed by atoms with Crippen LogP contribution in [0.2, 0.25) is 0 Å². The topological polar surface area (TPSA) is 69.2 Å². The lowest BCUT2D eigenvalue weighted by Gasteiger charge is -2.07. The van der Waals surface area contributed by atoms with Crippen molar-refractivity contribution >= 4 is 5.69 Å². The van der Waals surface area contributed by atoms with E-state index in [0.717, 1.165) is 12.0 Å². The number of nitro groups is 1. The highest BCUT2D eigenvalue weighted by molar-refractivity contribution is 5.35. The van der Waals surface area contributed by atoms with Gasteiger partial charge in [-0.3, -0.25) is 10.1 Å². The summed E-state index contributed by atoms with van der Waals surface area (Å²) >= 11 is 0. The molecule has 1 aromatic carbocycles. The fraction of sp³-hybridized carbons (Fsp3) is 0.333. The van der Waals surface area contributed by atoms with Crippen molar-refractivity contribution in [2.24, 2.45) is 5.73 Å². The average molecular weight is 180 g/mol. The monoisotopic (exact) mass is 180 g/mol. The molecule has 0 spiro atoms. The summed E-state index contributed by atoms with van der Waals surface area (Å²) in [6, 6.07) is 6.34. The molecule has 0 saturated carbocycles. The Bertz CT molecular complexity index is 312. The second kappa shape index (κ2) is 4.00. The van der Waals surface area contributed by atoms with Crippen molar-refractivity contribution in [1.29, 1.82) is 0 Å². The molecule has 0 aliphatic rings. The molecule has 4 nitrogen and oxygen atoms in total. The molecule has 0 radical (unpaired) electrons. The van der Waals surface area contributed by atoms with Gasteiger partial charge in [-0.05, 0) is 12.0 Å². The van der Waals surface area contributed by atoms with Crippen molar-refractivity contribution in [3.8, 4) is 0 Å². The number of nitrogens with two attached hydrogens (primary N) is 1. The SMILES string of the molecule is CC[C@@H](N)c1cccc([N+](=O)[O-])c1. The minimum atomic E-state index is -0.411. The van der Waals surface area contributed by atoms with Crippen LogP contribution in [0, 0.1) is 10.1 Å². The molecule has 0 amide bonds. The molecular weight excluding hydrogens is 168 g/mol. The van der Waals surface area contributed by atoms with E-state index < -0.39 is 4.92 Å². The normalized spacial score (nSPS) is 12.5. The molecular formula is C9H12N2O2. The Morgan fingerprint density at radius 3 is 2.85 bits per heavy atom. The number of nitro benzene ring substituents is 1. The van der Waals surface area contributed by atoms with E-state index in [0.29, 0.717) is 0 Å². The van der Waals surface area contributed by atoms with E-state index in [9.17, 15) is 10.1 Å². The maximum Gasteiger partial charge on any atom is 0.269 e. The first-order valence-electron chi connectivity index (χ1n) is 4.15. The Morgan fingerprint density at radius 1 is 1.62 bits per heavy atom. The third-order valence-corrected chi connectivity index (χ3v) is 1.95. The third-order valence-electron chi connectivity index (χ3n) is 1.95. The van der Waals surface area contributed by atoms with Gasteiger partial charge in [0.05, 0.1) is 4.92 Å². The quantitative estimate of drug-likeness (QED) is 0.571. The highest BCUT2D eigenvalue weighted by Gasteiger charge is 2.08. The molecule has 0 heterocycles. The van der Waals surface area contributed by atoms with Gasteiger partial charge in [-0.2, -0.15) is 0 Å². The Hall–Kier alpha value is -1.42. The van der Waals surface area contributed by atoms with E-state index in [1.807, 2.05) is 6.92 Å². The number of nitrogens with zero attached hydrogens (tertiary/aromatic N) is 1. The summed E-state index contributed by atoms with van der Waals surface area (Å²) in [6.07, 6.45) is 0.779. The molecule has 1 atom stereocenters. The summed E-state index contributed by atoms with van der Waals surface area (Å²) in [5, 5.41) is 10.4. The van der Waals surface area contributed by atoms with Crippen molar-refractivity contribution in [3.05, 3.63) is 39.9 Å². The fourth-order valence-corrected chi connectivity index (χ4v) is 1.10. The standard InChI is InChI=1S/C9H12N2O2/c1-2-9(10)7-4-3-5-8(6-7)11(12)13/h3-6,9H,2,10H2,1H3/t9-/m1/s1. The molecule has 0 aliphatic heterocycles. The lowest BCUT2D eigenvalue weighted by atomic mass is 10.1. The van der Waals surface area contributed by atoms with Crippen molar-refractivity contribution in [3.63, 3.8) is 0 Å². The van der Waals surface area contributed by atoms with E-state index in [-0.39, 0.29) is 11.7 Å². The summed E-state index contributed by atoms with van der Waals surface area (Å²) in [5.41, 5.74) is 6.66. The largest absolute Gasteiger partial charge is 0.324 e. The molecule has 70 valence electrons. The summed E-state index contributed by atoms with van der Waals surface area (Å²) < 4.78 is 0. The predicted octanol–water partition coefficient (Wildman–Crippen LogP) is 2.00. The van der Waals surface area contributed by atoms with Crippen LogP contribution in [0.5, 0.6) is 0 Å². The Kier molecular flexibility index (Phi) is 2.97. The fourth-order valence-electron chi connectivity index (χ4n) is 1.10. The van der Waals surface area contributed by atoms with Crippen LogP contribution < -0.4 is 5.73 Å². The van der Waals surface area contributed by atoms with Crippen LogP contribution in [0.4, 0.5) is 5.69 Å². The second-order valence-electron chi connectivity index (χ2n) is 2.87. The minimum absolute atomic E-state index is 0.0985. The maximum absolute atomic E-state index is 10.4. The Morgan fingerprint density at radius 2 is 2.31 bits per heavy atom. The van der Waals surface area contributed by atoms with E-state index in [4.69, 9.17) is 5.73 Å². The Balaban J connectivity index is 2.98. The number of hydrogen-bond donors (Lipinski definition) is 1. The first kappa shape index (κ1) is 9.67.